The maximum atomic E-state index is 13.6. The molecule has 4 aromatic heterocycles. The lowest BCUT2D eigenvalue weighted by Crippen LogP contribution is -2.42. The number of amides is 3. The molecule has 0 unspecified atom stereocenters. The summed E-state index contributed by atoms with van der Waals surface area (Å²) in [6.45, 7) is 38.8. The van der Waals surface area contributed by atoms with E-state index in [1.165, 1.54) is 16.9 Å². The Bertz CT molecular complexity index is 7150. The molecule has 22 rings (SSSR count). The number of aryl methyl sites for hydroxylation is 4. The van der Waals surface area contributed by atoms with E-state index in [0.717, 1.165) is 245 Å². The van der Waals surface area contributed by atoms with Gasteiger partial charge in [-0.15, -0.1) is 0 Å². The molecule has 10 aliphatic rings. The molecule has 0 bridgehead atoms. The van der Waals surface area contributed by atoms with Crippen molar-refractivity contribution >= 4 is 122 Å². The summed E-state index contributed by atoms with van der Waals surface area (Å²) in [5.41, 5.74) is 28.6. The van der Waals surface area contributed by atoms with E-state index in [9.17, 15) is 43.5 Å². The van der Waals surface area contributed by atoms with Gasteiger partial charge in [-0.3, -0.25) is 28.8 Å². The molecule has 3 amide bonds. The van der Waals surface area contributed by atoms with Crippen molar-refractivity contribution in [2.24, 2.45) is 35.1 Å². The number of fused-ring (bicyclic) bond motifs is 5. The van der Waals surface area contributed by atoms with Crippen LogP contribution in [0.25, 0.3) is 43.6 Å². The minimum absolute atomic E-state index is 0.00424. The molecule has 4 saturated heterocycles. The number of hydrogen-bond acceptors (Lipinski definition) is 20. The van der Waals surface area contributed by atoms with Crippen LogP contribution in [0.2, 0.25) is 0 Å². The number of Topliss-reactive ketones (excluding diaryl/α,β-unsaturated/α-hetero) is 1. The second-order valence-corrected chi connectivity index (χ2v) is 45.9. The van der Waals surface area contributed by atoms with Gasteiger partial charge in [-0.1, -0.05) is 147 Å². The lowest BCUT2D eigenvalue weighted by molar-refractivity contribution is -0.114. The largest absolute Gasteiger partial charge is 0.503 e. The Morgan fingerprint density at radius 3 is 1.09 bits per heavy atom. The standard InChI is InChI=1S/C31H39N3O4.C26H31N3O2.C20H18BrNO2.C19H25N3O2.C12H10BrNO2.C11H22N2O2/c1-20-26(33-16-15-24(18-33)21(2)32-30(36)38-31(3,4)5)14-11-23-17-27(37-19-22-9-7-6-8-10-22)29(35)34(28(20)23)25-12-13-25;1-17-23(28-13-12-21(15-28)18(2)27)11-8-20-14-24(31-16-19-6-4-3-5-7-19)26(30)29(25(17)20)22-9-10-22;1-13-17(21)10-7-15-11-18(24-12-14-5-3-2-4-6-14)20(23)22(19(13)15)16-8-9-16;1-11-16(21-8-7-14(10-21)12(2)20)6-3-13-9-17(23)19(24)22(18(11)13)15-4-5-15;1-6-9(13)5-4-8-10(6)14(7-2-3-7)12(16)11(8)15;1-8(9-5-6-12-7-9)13-10(14)15-11(2,3)4/h6-11,14,17,21,24-25H,12-13,15-16,18-19H2,1-5H3,(H,32,36);3-8,11,14,18,21-22H,9-10,12-13,15-16,27H2,1-2H3;2-7,10-11,16H,8-9,12H2,1H3;3,6,9,12,14-15,23H,4-5,7-8,10,20H2,1-2H3;4-5,7H,2-3H2,1H3;8-9,12H,5-7H2,1-4H3,(H,13,14)/t21-,24+;18-,21+;;12-,14+;;8-,9+/m00.0.0/s1. The van der Waals surface area contributed by atoms with Gasteiger partial charge in [-0.05, 0) is 336 Å². The Morgan fingerprint density at radius 1 is 0.405 bits per heavy atom. The van der Waals surface area contributed by atoms with Gasteiger partial charge in [0.2, 0.25) is 0 Å². The lowest BCUT2D eigenvalue weighted by Gasteiger charge is -2.26. The van der Waals surface area contributed by atoms with E-state index in [0.29, 0.717) is 72.3 Å². The van der Waals surface area contributed by atoms with Crippen LogP contribution in [0.1, 0.15) is 238 Å². The number of nitrogens with two attached hydrogens (primary N) is 2. The number of benzene rings is 8. The molecule has 8 aromatic carbocycles. The summed E-state index contributed by atoms with van der Waals surface area (Å²) in [4.78, 5) is 109. The topological polar surface area (TPSA) is 324 Å². The van der Waals surface area contributed by atoms with E-state index in [2.05, 4.69) is 134 Å². The first-order valence-electron chi connectivity index (χ1n) is 53.0. The second-order valence-electron chi connectivity index (χ2n) is 44.2. The molecule has 9 fully saturated rings. The summed E-state index contributed by atoms with van der Waals surface area (Å²) in [5.74, 6) is 2.28. The third-order valence-corrected chi connectivity index (χ3v) is 32.0. The number of ketones is 1. The highest BCUT2D eigenvalue weighted by atomic mass is 79.9. The van der Waals surface area contributed by atoms with Crippen LogP contribution >= 0.6 is 31.9 Å². The van der Waals surface area contributed by atoms with E-state index in [1.807, 2.05) is 214 Å². The molecule has 8 atom stereocenters. The number of rotatable bonds is 23. The minimum atomic E-state index is -0.516. The molecule has 148 heavy (non-hydrogen) atoms. The Morgan fingerprint density at radius 2 is 0.736 bits per heavy atom. The highest BCUT2D eigenvalue weighted by molar-refractivity contribution is 9.10. The molecular formula is C119H145Br2N13O14. The average Bonchev–Trinajstić information content (AvgIpc) is 1.57. The SMILES string of the molecule is C[C@H](NC(=O)OC(C)(C)C)[C@@H]1CCNC1.Cc1c(Br)ccc2c1N(C1CC1)C(=O)C2=O.Cc1c(Br)ccc2cc(OCc3ccccc3)c(=O)n(C3CC3)c12.Cc1c(N2CC[C@@H]([C@H](C)N)C2)ccc2cc(O)c(=O)n(C3CC3)c12.Cc1c(N2CC[C@@H]([C@H](C)N)C2)ccc2cc(OCc3ccccc3)c(=O)n(C3CC3)c12.Cc1c(N2CC[C@@H]([C@H](C)NC(=O)OC(C)(C)C)C2)ccc2cc(OCc3ccccc3)c(=O)n(C3CC3)c12. The number of carbonyl (C=O) groups excluding carboxylic acids is 4. The maximum Gasteiger partial charge on any atom is 0.407 e. The van der Waals surface area contributed by atoms with Crippen molar-refractivity contribution in [1.29, 1.82) is 0 Å². The van der Waals surface area contributed by atoms with Gasteiger partial charge < -0.3 is 94.1 Å². The predicted octanol–water partition coefficient (Wildman–Crippen LogP) is 21.8. The fraction of sp³-hybridized carbons (Fsp3) is 0.462. The summed E-state index contributed by atoms with van der Waals surface area (Å²) >= 11 is 7.01. The van der Waals surface area contributed by atoms with Crippen molar-refractivity contribution in [3.05, 3.63) is 276 Å². The van der Waals surface area contributed by atoms with Crippen LogP contribution in [0.15, 0.2) is 204 Å². The number of aromatic hydroxyl groups is 1. The van der Waals surface area contributed by atoms with Crippen molar-refractivity contribution < 1.29 is 48.0 Å². The van der Waals surface area contributed by atoms with E-state index in [1.54, 1.807) is 17.0 Å². The number of hydrogen-bond donors (Lipinski definition) is 6. The van der Waals surface area contributed by atoms with Crippen LogP contribution in [0, 0.1) is 58.3 Å². The number of ether oxygens (including phenoxy) is 5. The van der Waals surface area contributed by atoms with E-state index >= 15 is 0 Å². The fourth-order valence-corrected chi connectivity index (χ4v) is 22.0. The third-order valence-electron chi connectivity index (χ3n) is 30.3. The highest BCUT2D eigenvalue weighted by Crippen LogP contribution is 2.47. The van der Waals surface area contributed by atoms with Crippen molar-refractivity contribution in [2.45, 2.75) is 279 Å². The summed E-state index contributed by atoms with van der Waals surface area (Å²) in [7, 11) is 0. The van der Waals surface area contributed by atoms with Gasteiger partial charge >= 0.3 is 12.2 Å². The van der Waals surface area contributed by atoms with Crippen LogP contribution < -0.4 is 83.5 Å². The number of carbonyl (C=O) groups is 4. The Hall–Kier alpha value is -12.3. The van der Waals surface area contributed by atoms with Gasteiger partial charge in [0.1, 0.15) is 31.0 Å². The van der Waals surface area contributed by atoms with Crippen molar-refractivity contribution in [3.63, 3.8) is 0 Å². The molecule has 12 aromatic rings. The Kier molecular flexibility index (Phi) is 33.0. The van der Waals surface area contributed by atoms with Gasteiger partial charge in [0.05, 0.1) is 33.3 Å². The van der Waals surface area contributed by atoms with Gasteiger partial charge in [0, 0.05) is 141 Å². The van der Waals surface area contributed by atoms with E-state index in [-0.39, 0.29) is 100 Å². The smallest absolute Gasteiger partial charge is 0.407 e. The predicted molar refractivity (Wildman–Crippen MR) is 597 cm³/mol. The quantitative estimate of drug-likeness (QED) is 0.0324. The number of aromatic nitrogens is 4. The van der Waals surface area contributed by atoms with Gasteiger partial charge in [-0.25, -0.2) is 9.59 Å². The number of nitrogens with one attached hydrogen (secondary N) is 3. The maximum absolute atomic E-state index is 13.6. The molecule has 9 heterocycles. The third kappa shape index (κ3) is 25.0. The molecule has 29 heteroatoms. The minimum Gasteiger partial charge on any atom is -0.503 e. The van der Waals surface area contributed by atoms with Crippen molar-refractivity contribution in [2.75, 3.05) is 72.0 Å². The molecule has 8 N–H and O–H groups in total. The molecule has 5 aliphatic heterocycles. The van der Waals surface area contributed by atoms with Crippen LogP contribution in [0.5, 0.6) is 23.0 Å². The first-order chi connectivity index (χ1) is 70.7. The number of anilines is 4. The van der Waals surface area contributed by atoms with Crippen LogP contribution in [0.3, 0.4) is 0 Å². The summed E-state index contributed by atoms with van der Waals surface area (Å²) in [6, 6.07) is 59.4. The second kappa shape index (κ2) is 45.6. The molecule has 5 aliphatic carbocycles. The first-order valence-corrected chi connectivity index (χ1v) is 54.6. The molecule has 0 radical (unpaired) electrons. The normalized spacial score (nSPS) is 19.2. The Balaban J connectivity index is 0.000000124. The van der Waals surface area contributed by atoms with Crippen molar-refractivity contribution in [3.8, 4) is 23.0 Å². The molecule has 5 saturated carbocycles. The molecule has 27 nitrogen and oxygen atoms in total. The van der Waals surface area contributed by atoms with Gasteiger partial charge in [-0.2, -0.15) is 0 Å². The van der Waals surface area contributed by atoms with Crippen LogP contribution in [-0.4, -0.2) is 141 Å². The van der Waals surface area contributed by atoms with Crippen LogP contribution in [-0.2, 0) is 34.1 Å². The first kappa shape index (κ1) is 107. The highest BCUT2D eigenvalue weighted by Gasteiger charge is 2.46. The number of pyridine rings is 4. The number of halogens is 2. The van der Waals surface area contributed by atoms with E-state index < -0.39 is 11.2 Å². The van der Waals surface area contributed by atoms with Crippen molar-refractivity contribution in [1.82, 2.24) is 34.2 Å². The van der Waals surface area contributed by atoms with Gasteiger partial charge in [0.15, 0.2) is 23.0 Å². The summed E-state index contributed by atoms with van der Waals surface area (Å²) in [6.07, 6.45) is 13.9. The van der Waals surface area contributed by atoms with Gasteiger partial charge in [0.25, 0.3) is 33.9 Å². The lowest BCUT2D eigenvalue weighted by atomic mass is 10.0. The zero-order valence-corrected chi connectivity index (χ0v) is 91.3. The monoisotopic (exact) mass is 2140 g/mol. The zero-order chi connectivity index (χ0) is 105. The Labute approximate surface area is 884 Å². The van der Waals surface area contributed by atoms with Crippen LogP contribution in [0.4, 0.5) is 32.3 Å². The summed E-state index contributed by atoms with van der Waals surface area (Å²) < 4.78 is 38.2. The average molecular weight is 2140 g/mol. The molecular weight excluding hydrogens is 2000 g/mol. The fourth-order valence-electron chi connectivity index (χ4n) is 21.3. The molecule has 784 valence electrons. The summed E-state index contributed by atoms with van der Waals surface area (Å²) in [5, 5.41) is 23.2. The number of nitrogens with zero attached hydrogens (tertiary/aromatic N) is 8. The zero-order valence-electron chi connectivity index (χ0n) is 88.2. The molecule has 0 spiro atoms. The van der Waals surface area contributed by atoms with E-state index in [4.69, 9.17) is 35.2 Å². The number of alkyl carbamates (subject to hydrolysis) is 2.